The molecule has 0 amide bonds. The molecule has 5 nitrogen and oxygen atoms in total. The molecule has 1 aliphatic heterocycles. The fourth-order valence-electron chi connectivity index (χ4n) is 4.28. The lowest BCUT2D eigenvalue weighted by molar-refractivity contribution is 0.00460. The summed E-state index contributed by atoms with van der Waals surface area (Å²) in [5.41, 5.74) is 5.90. The van der Waals surface area contributed by atoms with Crippen LogP contribution in [0.1, 0.15) is 47.5 Å². The lowest BCUT2D eigenvalue weighted by Gasteiger charge is -2.30. The quantitative estimate of drug-likeness (QED) is 0.377. The van der Waals surface area contributed by atoms with Crippen molar-refractivity contribution in [3.05, 3.63) is 82.3 Å². The Labute approximate surface area is 190 Å². The van der Waals surface area contributed by atoms with E-state index in [1.165, 1.54) is 6.07 Å². The van der Waals surface area contributed by atoms with Crippen molar-refractivity contribution in [2.75, 3.05) is 6.61 Å². The lowest BCUT2D eigenvalue weighted by Crippen LogP contribution is -2.20. The van der Waals surface area contributed by atoms with Crippen LogP contribution >= 0.6 is 11.6 Å². The van der Waals surface area contributed by atoms with Crippen LogP contribution in [-0.2, 0) is 4.74 Å². The first-order valence-electron chi connectivity index (χ1n) is 10.6. The molecule has 32 heavy (non-hydrogen) atoms. The van der Waals surface area contributed by atoms with Crippen molar-refractivity contribution >= 4 is 22.6 Å². The van der Waals surface area contributed by atoms with Crippen LogP contribution in [0.2, 0.25) is 5.02 Å². The minimum atomic E-state index is -0.428. The second kappa shape index (κ2) is 8.52. The number of nitrogens with zero attached hydrogens (tertiary/aromatic N) is 4. The van der Waals surface area contributed by atoms with Crippen LogP contribution in [0.4, 0.5) is 4.39 Å². The minimum Gasteiger partial charge on any atom is -0.373 e. The van der Waals surface area contributed by atoms with Gasteiger partial charge in [0.25, 0.3) is 0 Å². The van der Waals surface area contributed by atoms with Gasteiger partial charge in [-0.25, -0.2) is 14.4 Å². The Balaban J connectivity index is 1.59. The molecule has 3 aromatic heterocycles. The molecule has 162 valence electrons. The van der Waals surface area contributed by atoms with E-state index in [-0.39, 0.29) is 12.0 Å². The molecule has 0 unspecified atom stereocenters. The third-order valence-corrected chi connectivity index (χ3v) is 6.09. The Hall–Kier alpha value is -2.96. The number of ether oxygens (including phenoxy) is 1. The molecule has 5 rings (SSSR count). The number of benzene rings is 1. The molecule has 1 aromatic carbocycles. The molecule has 4 aromatic rings. The first-order valence-corrected chi connectivity index (χ1v) is 11.0. The molecule has 1 saturated heterocycles. The molecule has 0 aliphatic carbocycles. The Morgan fingerprint density at radius 3 is 2.72 bits per heavy atom. The highest BCUT2D eigenvalue weighted by atomic mass is 35.5. The Bertz CT molecular complexity index is 1310. The zero-order valence-corrected chi connectivity index (χ0v) is 18.6. The Morgan fingerprint density at radius 2 is 1.91 bits per heavy atom. The predicted molar refractivity (Wildman–Crippen MR) is 122 cm³/mol. The normalized spacial score (nSPS) is 18.8. The van der Waals surface area contributed by atoms with Crippen LogP contribution in [0.5, 0.6) is 0 Å². The van der Waals surface area contributed by atoms with Crippen molar-refractivity contribution in [2.45, 2.75) is 38.7 Å². The zero-order chi connectivity index (χ0) is 22.2. The molecule has 1 fully saturated rings. The molecule has 0 N–H and O–H groups in total. The SMILES string of the molecule is Cc1cc([C@H]2C[C@@H](c3cc4nc(C)cnc4c(-c4ccc(Cl)cc4F)n3)CCO2)ccn1. The summed E-state index contributed by atoms with van der Waals surface area (Å²) in [4.78, 5) is 18.4. The van der Waals surface area contributed by atoms with Crippen molar-refractivity contribution in [1.82, 2.24) is 19.9 Å². The summed E-state index contributed by atoms with van der Waals surface area (Å²) in [6.45, 7) is 4.49. The Kier molecular flexibility index (Phi) is 5.57. The number of fused-ring (bicyclic) bond motifs is 1. The van der Waals surface area contributed by atoms with E-state index in [1.807, 2.05) is 32.2 Å². The summed E-state index contributed by atoms with van der Waals surface area (Å²) in [6.07, 6.45) is 5.07. The number of aromatic nitrogens is 4. The van der Waals surface area contributed by atoms with Gasteiger partial charge in [0, 0.05) is 46.9 Å². The van der Waals surface area contributed by atoms with Gasteiger partial charge < -0.3 is 4.74 Å². The van der Waals surface area contributed by atoms with E-state index in [1.54, 1.807) is 18.3 Å². The van der Waals surface area contributed by atoms with Gasteiger partial charge in [-0.05, 0) is 68.7 Å². The summed E-state index contributed by atoms with van der Waals surface area (Å²) >= 11 is 5.98. The lowest BCUT2D eigenvalue weighted by atomic mass is 9.88. The van der Waals surface area contributed by atoms with Crippen LogP contribution in [0, 0.1) is 19.7 Å². The number of rotatable bonds is 3. The van der Waals surface area contributed by atoms with E-state index < -0.39 is 5.82 Å². The van der Waals surface area contributed by atoms with E-state index in [0.29, 0.717) is 33.9 Å². The molecule has 0 saturated carbocycles. The van der Waals surface area contributed by atoms with E-state index in [0.717, 1.165) is 35.5 Å². The monoisotopic (exact) mass is 448 g/mol. The third-order valence-electron chi connectivity index (χ3n) is 5.85. The second-order valence-corrected chi connectivity index (χ2v) is 8.65. The van der Waals surface area contributed by atoms with Crippen LogP contribution in [0.25, 0.3) is 22.3 Å². The van der Waals surface area contributed by atoms with Crippen LogP contribution in [0.15, 0.2) is 48.8 Å². The van der Waals surface area contributed by atoms with E-state index in [9.17, 15) is 4.39 Å². The topological polar surface area (TPSA) is 60.8 Å². The van der Waals surface area contributed by atoms with Gasteiger partial charge in [-0.15, -0.1) is 0 Å². The highest BCUT2D eigenvalue weighted by molar-refractivity contribution is 6.30. The number of hydrogen-bond donors (Lipinski definition) is 0. The average molecular weight is 449 g/mol. The second-order valence-electron chi connectivity index (χ2n) is 8.21. The minimum absolute atomic E-state index is 0.0349. The molecular formula is C25H22ClFN4O. The maximum absolute atomic E-state index is 14.8. The highest BCUT2D eigenvalue weighted by Gasteiger charge is 2.28. The van der Waals surface area contributed by atoms with Gasteiger partial charge in [0.2, 0.25) is 0 Å². The fourth-order valence-corrected chi connectivity index (χ4v) is 4.44. The molecule has 0 bridgehead atoms. The smallest absolute Gasteiger partial charge is 0.134 e. The molecular weight excluding hydrogens is 427 g/mol. The Morgan fingerprint density at radius 1 is 1.03 bits per heavy atom. The molecule has 2 atom stereocenters. The van der Waals surface area contributed by atoms with Gasteiger partial charge in [-0.1, -0.05) is 11.6 Å². The maximum atomic E-state index is 14.8. The summed E-state index contributed by atoms with van der Waals surface area (Å²) in [5.74, 6) is -0.272. The number of hydrogen-bond acceptors (Lipinski definition) is 5. The van der Waals surface area contributed by atoms with Crippen LogP contribution < -0.4 is 0 Å². The number of halogens is 2. The largest absolute Gasteiger partial charge is 0.373 e. The van der Waals surface area contributed by atoms with Crippen LogP contribution in [-0.4, -0.2) is 26.5 Å². The molecule has 4 heterocycles. The first kappa shape index (κ1) is 20.9. The van der Waals surface area contributed by atoms with E-state index in [4.69, 9.17) is 21.3 Å². The predicted octanol–water partition coefficient (Wildman–Crippen LogP) is 6.13. The highest BCUT2D eigenvalue weighted by Crippen LogP contribution is 2.39. The number of pyridine rings is 2. The zero-order valence-electron chi connectivity index (χ0n) is 17.8. The molecule has 1 aliphatic rings. The summed E-state index contributed by atoms with van der Waals surface area (Å²) in [5, 5.41) is 0.341. The summed E-state index contributed by atoms with van der Waals surface area (Å²) in [7, 11) is 0. The maximum Gasteiger partial charge on any atom is 0.134 e. The average Bonchev–Trinajstić information content (AvgIpc) is 2.78. The van der Waals surface area contributed by atoms with Crippen molar-refractivity contribution in [2.24, 2.45) is 0 Å². The van der Waals surface area contributed by atoms with Gasteiger partial charge in [0.15, 0.2) is 0 Å². The van der Waals surface area contributed by atoms with Gasteiger partial charge in [-0.3, -0.25) is 9.97 Å². The van der Waals surface area contributed by atoms with E-state index >= 15 is 0 Å². The summed E-state index contributed by atoms with van der Waals surface area (Å²) < 4.78 is 20.9. The standard InChI is InChI=1S/C25H22ClFN4O/c1-14-9-17(5-7-28-14)23-10-16(6-8-32-23)21-12-22-25(29-13-15(2)30-22)24(31-21)19-4-3-18(26)11-20(19)27/h3-5,7,9,11-13,16,23H,6,8,10H2,1-2H3/t16-,23+/m0/s1. The van der Waals surface area contributed by atoms with Gasteiger partial charge in [0.05, 0.1) is 17.3 Å². The van der Waals surface area contributed by atoms with Gasteiger partial charge >= 0.3 is 0 Å². The molecule has 7 heteroatoms. The van der Waals surface area contributed by atoms with Crippen molar-refractivity contribution < 1.29 is 9.13 Å². The summed E-state index contributed by atoms with van der Waals surface area (Å²) in [6, 6.07) is 10.7. The van der Waals surface area contributed by atoms with Gasteiger partial charge in [-0.2, -0.15) is 0 Å². The fraction of sp³-hybridized carbons (Fsp3) is 0.280. The van der Waals surface area contributed by atoms with Crippen molar-refractivity contribution in [3.8, 4) is 11.3 Å². The third kappa shape index (κ3) is 4.08. The van der Waals surface area contributed by atoms with Crippen molar-refractivity contribution in [1.29, 1.82) is 0 Å². The molecule has 0 spiro atoms. The van der Waals surface area contributed by atoms with Crippen molar-refractivity contribution in [3.63, 3.8) is 0 Å². The van der Waals surface area contributed by atoms with Gasteiger partial charge in [0.1, 0.15) is 17.0 Å². The number of aryl methyl sites for hydroxylation is 2. The first-order chi connectivity index (χ1) is 15.5. The molecule has 0 radical (unpaired) electrons. The van der Waals surface area contributed by atoms with E-state index in [2.05, 4.69) is 21.0 Å². The van der Waals surface area contributed by atoms with Crippen LogP contribution in [0.3, 0.4) is 0 Å².